The van der Waals surface area contributed by atoms with Crippen LogP contribution in [0.15, 0.2) is 60.9 Å². The third kappa shape index (κ3) is 2.95. The molecule has 1 atom stereocenters. The minimum Gasteiger partial charge on any atom is -0.317 e. The van der Waals surface area contributed by atoms with Gasteiger partial charge in [-0.05, 0) is 43.0 Å². The van der Waals surface area contributed by atoms with Crippen LogP contribution in [-0.4, -0.2) is 22.5 Å². The van der Waals surface area contributed by atoms with Gasteiger partial charge in [0.05, 0.1) is 11.7 Å². The molecule has 0 bridgehead atoms. The van der Waals surface area contributed by atoms with Gasteiger partial charge >= 0.3 is 6.03 Å². The van der Waals surface area contributed by atoms with Crippen LogP contribution >= 0.6 is 0 Å². The van der Waals surface area contributed by atoms with Crippen molar-refractivity contribution < 1.29 is 4.79 Å². The second kappa shape index (κ2) is 6.55. The molecule has 4 nitrogen and oxygen atoms in total. The fourth-order valence-corrected chi connectivity index (χ4v) is 3.71. The minimum atomic E-state index is -0.0323. The fourth-order valence-electron chi connectivity index (χ4n) is 3.71. The molecule has 0 radical (unpaired) electrons. The summed E-state index contributed by atoms with van der Waals surface area (Å²) in [4.78, 5) is 19.1. The SMILES string of the molecule is Cc1ccccc1[C@@H]1CCCN1C(=O)Nc1cccc2cnccc12. The lowest BCUT2D eigenvalue weighted by Gasteiger charge is -2.26. The molecular formula is C21H21N3O. The summed E-state index contributed by atoms with van der Waals surface area (Å²) in [7, 11) is 0. The number of urea groups is 1. The molecule has 126 valence electrons. The predicted octanol–water partition coefficient (Wildman–Crippen LogP) is 4.91. The lowest BCUT2D eigenvalue weighted by atomic mass is 9.99. The molecule has 1 aliphatic heterocycles. The number of rotatable bonds is 2. The number of anilines is 1. The van der Waals surface area contributed by atoms with Crippen LogP contribution in [0, 0.1) is 6.92 Å². The standard InChI is InChI=1S/C21H21N3O/c1-15-6-2-3-8-17(15)20-10-5-13-24(20)21(25)23-19-9-4-7-16-14-22-12-11-18(16)19/h2-4,6-9,11-12,14,20H,5,10,13H2,1H3,(H,23,25)/t20-/m0/s1. The van der Waals surface area contributed by atoms with Gasteiger partial charge in [-0.25, -0.2) is 4.79 Å². The van der Waals surface area contributed by atoms with Gasteiger partial charge in [-0.3, -0.25) is 4.98 Å². The van der Waals surface area contributed by atoms with Crippen LogP contribution in [0.25, 0.3) is 10.8 Å². The topological polar surface area (TPSA) is 45.2 Å². The van der Waals surface area contributed by atoms with E-state index >= 15 is 0 Å². The number of amides is 2. The molecular weight excluding hydrogens is 310 g/mol. The summed E-state index contributed by atoms with van der Waals surface area (Å²) < 4.78 is 0. The number of carbonyl (C=O) groups is 1. The van der Waals surface area contributed by atoms with Crippen LogP contribution in [0.5, 0.6) is 0 Å². The first kappa shape index (κ1) is 15.6. The number of likely N-dealkylation sites (tertiary alicyclic amines) is 1. The second-order valence-electron chi connectivity index (χ2n) is 6.54. The van der Waals surface area contributed by atoms with Crippen molar-refractivity contribution in [2.24, 2.45) is 0 Å². The number of fused-ring (bicyclic) bond motifs is 1. The Morgan fingerprint density at radius 1 is 1.16 bits per heavy atom. The number of benzene rings is 2. The zero-order chi connectivity index (χ0) is 17.2. The Kier molecular flexibility index (Phi) is 4.10. The molecule has 2 heterocycles. The monoisotopic (exact) mass is 331 g/mol. The molecule has 1 fully saturated rings. The Morgan fingerprint density at radius 2 is 2.04 bits per heavy atom. The van der Waals surface area contributed by atoms with Crippen LogP contribution in [-0.2, 0) is 0 Å². The van der Waals surface area contributed by atoms with E-state index in [0.29, 0.717) is 0 Å². The van der Waals surface area contributed by atoms with E-state index in [2.05, 4.69) is 35.4 Å². The molecule has 2 aromatic carbocycles. The number of pyridine rings is 1. The van der Waals surface area contributed by atoms with Crippen molar-refractivity contribution in [1.82, 2.24) is 9.88 Å². The summed E-state index contributed by atoms with van der Waals surface area (Å²) in [6, 6.07) is 16.3. The van der Waals surface area contributed by atoms with Crippen LogP contribution in [0.4, 0.5) is 10.5 Å². The Morgan fingerprint density at radius 3 is 2.92 bits per heavy atom. The van der Waals surface area contributed by atoms with Crippen molar-refractivity contribution >= 4 is 22.5 Å². The second-order valence-corrected chi connectivity index (χ2v) is 6.54. The maximum atomic E-state index is 13.0. The van der Waals surface area contributed by atoms with Gasteiger partial charge in [0.1, 0.15) is 0 Å². The fraction of sp³-hybridized carbons (Fsp3) is 0.238. The highest BCUT2D eigenvalue weighted by Crippen LogP contribution is 2.34. The molecule has 3 aromatic rings. The molecule has 4 heteroatoms. The largest absolute Gasteiger partial charge is 0.322 e. The highest BCUT2D eigenvalue weighted by Gasteiger charge is 2.30. The van der Waals surface area contributed by atoms with Gasteiger partial charge in [-0.2, -0.15) is 0 Å². The number of hydrogen-bond donors (Lipinski definition) is 1. The van der Waals surface area contributed by atoms with Gasteiger partial charge in [-0.1, -0.05) is 36.4 Å². The van der Waals surface area contributed by atoms with Gasteiger partial charge in [0.25, 0.3) is 0 Å². The lowest BCUT2D eigenvalue weighted by Crippen LogP contribution is -2.34. The lowest BCUT2D eigenvalue weighted by molar-refractivity contribution is 0.207. The van der Waals surface area contributed by atoms with Gasteiger partial charge in [0.15, 0.2) is 0 Å². The summed E-state index contributed by atoms with van der Waals surface area (Å²) in [5.41, 5.74) is 3.32. The van der Waals surface area contributed by atoms with E-state index in [1.165, 1.54) is 11.1 Å². The number of hydrogen-bond acceptors (Lipinski definition) is 2. The highest BCUT2D eigenvalue weighted by molar-refractivity contribution is 6.01. The average molecular weight is 331 g/mol. The third-order valence-electron chi connectivity index (χ3n) is 4.98. The van der Waals surface area contributed by atoms with Crippen LogP contribution in [0.2, 0.25) is 0 Å². The number of aromatic nitrogens is 1. The summed E-state index contributed by atoms with van der Waals surface area (Å²) in [6.07, 6.45) is 5.62. The van der Waals surface area contributed by atoms with Crippen molar-refractivity contribution in [3.8, 4) is 0 Å². The Bertz CT molecular complexity index is 916. The van der Waals surface area contributed by atoms with E-state index in [4.69, 9.17) is 0 Å². The van der Waals surface area contributed by atoms with Crippen molar-refractivity contribution in [1.29, 1.82) is 0 Å². The van der Waals surface area contributed by atoms with Gasteiger partial charge < -0.3 is 10.2 Å². The Labute approximate surface area is 147 Å². The Balaban J connectivity index is 1.61. The summed E-state index contributed by atoms with van der Waals surface area (Å²) >= 11 is 0. The van der Waals surface area contributed by atoms with E-state index in [9.17, 15) is 4.79 Å². The third-order valence-corrected chi connectivity index (χ3v) is 4.98. The summed E-state index contributed by atoms with van der Waals surface area (Å²) in [5.74, 6) is 0. The number of nitrogens with zero attached hydrogens (tertiary/aromatic N) is 2. The first-order valence-corrected chi connectivity index (χ1v) is 8.70. The highest BCUT2D eigenvalue weighted by atomic mass is 16.2. The summed E-state index contributed by atoms with van der Waals surface area (Å²) in [5, 5.41) is 5.14. The van der Waals surface area contributed by atoms with E-state index in [0.717, 1.165) is 35.8 Å². The van der Waals surface area contributed by atoms with Crippen LogP contribution < -0.4 is 5.32 Å². The van der Waals surface area contributed by atoms with Crippen molar-refractivity contribution in [2.75, 3.05) is 11.9 Å². The zero-order valence-electron chi connectivity index (χ0n) is 14.3. The molecule has 25 heavy (non-hydrogen) atoms. The molecule has 0 spiro atoms. The molecule has 1 saturated heterocycles. The molecule has 1 aliphatic rings. The maximum Gasteiger partial charge on any atom is 0.322 e. The average Bonchev–Trinajstić information content (AvgIpc) is 3.12. The predicted molar refractivity (Wildman–Crippen MR) is 101 cm³/mol. The van der Waals surface area contributed by atoms with Gasteiger partial charge in [-0.15, -0.1) is 0 Å². The normalized spacial score (nSPS) is 17.0. The maximum absolute atomic E-state index is 13.0. The molecule has 1 aromatic heterocycles. The van der Waals surface area contributed by atoms with E-state index in [-0.39, 0.29) is 12.1 Å². The molecule has 0 unspecified atom stereocenters. The molecule has 4 rings (SSSR count). The molecule has 0 aliphatic carbocycles. The summed E-state index contributed by atoms with van der Waals surface area (Å²) in [6.45, 7) is 2.90. The first-order valence-electron chi connectivity index (χ1n) is 8.70. The smallest absolute Gasteiger partial charge is 0.317 e. The van der Waals surface area contributed by atoms with E-state index in [1.807, 2.05) is 41.4 Å². The Hall–Kier alpha value is -2.88. The van der Waals surface area contributed by atoms with E-state index < -0.39 is 0 Å². The minimum absolute atomic E-state index is 0.0323. The van der Waals surface area contributed by atoms with Crippen molar-refractivity contribution in [3.05, 3.63) is 72.1 Å². The molecule has 0 saturated carbocycles. The van der Waals surface area contributed by atoms with Crippen LogP contribution in [0.1, 0.15) is 30.0 Å². The first-order chi connectivity index (χ1) is 12.2. The number of carbonyl (C=O) groups excluding carboxylic acids is 1. The van der Waals surface area contributed by atoms with Gasteiger partial charge in [0, 0.05) is 29.7 Å². The van der Waals surface area contributed by atoms with Crippen molar-refractivity contribution in [2.45, 2.75) is 25.8 Å². The number of aryl methyl sites for hydroxylation is 1. The quantitative estimate of drug-likeness (QED) is 0.725. The zero-order valence-corrected chi connectivity index (χ0v) is 14.3. The molecule has 2 amide bonds. The van der Waals surface area contributed by atoms with E-state index in [1.54, 1.807) is 6.20 Å². The number of nitrogens with one attached hydrogen (secondary N) is 1. The van der Waals surface area contributed by atoms with Gasteiger partial charge in [0.2, 0.25) is 0 Å². The van der Waals surface area contributed by atoms with Crippen LogP contribution in [0.3, 0.4) is 0 Å². The van der Waals surface area contributed by atoms with Crippen molar-refractivity contribution in [3.63, 3.8) is 0 Å². The molecule has 1 N–H and O–H groups in total.